The van der Waals surface area contributed by atoms with Gasteiger partial charge in [-0.15, -0.1) is 0 Å². The summed E-state index contributed by atoms with van der Waals surface area (Å²) in [4.78, 5) is 9.36. The zero-order valence-electron chi connectivity index (χ0n) is 10.0. The number of hydrogen-bond donors (Lipinski definition) is 0. The average molecular weight is 221 g/mol. The van der Waals surface area contributed by atoms with Gasteiger partial charge in [-0.25, -0.2) is 0 Å². The van der Waals surface area contributed by atoms with Gasteiger partial charge in [-0.2, -0.15) is 0 Å². The van der Waals surface area contributed by atoms with Gasteiger partial charge in [-0.1, -0.05) is 0 Å². The molecule has 1 unspecified atom stereocenters. The SMILES string of the molecule is CC1=C2CN(C3COC3)CCN2C=NC1C. The zero-order valence-corrected chi connectivity index (χ0v) is 10.0. The minimum atomic E-state index is 0.351. The molecule has 0 amide bonds. The molecule has 16 heavy (non-hydrogen) atoms. The Hall–Kier alpha value is -0.870. The highest BCUT2D eigenvalue weighted by atomic mass is 16.5. The summed E-state index contributed by atoms with van der Waals surface area (Å²) in [6.07, 6.45) is 2.02. The largest absolute Gasteiger partial charge is 0.378 e. The molecule has 4 heteroatoms. The van der Waals surface area contributed by atoms with E-state index in [2.05, 4.69) is 28.6 Å². The highest BCUT2D eigenvalue weighted by molar-refractivity contribution is 5.62. The van der Waals surface area contributed by atoms with Gasteiger partial charge in [0.05, 0.1) is 31.6 Å². The van der Waals surface area contributed by atoms with E-state index in [1.54, 1.807) is 0 Å². The molecule has 2 saturated heterocycles. The van der Waals surface area contributed by atoms with Crippen LogP contribution in [0.4, 0.5) is 0 Å². The maximum Gasteiger partial charge on any atom is 0.0900 e. The van der Waals surface area contributed by atoms with Gasteiger partial charge in [0.25, 0.3) is 0 Å². The number of rotatable bonds is 1. The van der Waals surface area contributed by atoms with Gasteiger partial charge < -0.3 is 9.64 Å². The second-order valence-corrected chi connectivity index (χ2v) is 4.93. The van der Waals surface area contributed by atoms with Crippen LogP contribution >= 0.6 is 0 Å². The highest BCUT2D eigenvalue weighted by Gasteiger charge is 2.32. The molecule has 3 rings (SSSR count). The Morgan fingerprint density at radius 3 is 2.88 bits per heavy atom. The normalized spacial score (nSPS) is 31.6. The summed E-state index contributed by atoms with van der Waals surface area (Å²) in [6.45, 7) is 9.47. The van der Waals surface area contributed by atoms with Gasteiger partial charge in [-0.05, 0) is 19.4 Å². The van der Waals surface area contributed by atoms with Gasteiger partial charge in [0.2, 0.25) is 0 Å². The van der Waals surface area contributed by atoms with Crippen molar-refractivity contribution in [2.24, 2.45) is 4.99 Å². The van der Waals surface area contributed by atoms with Crippen LogP contribution in [0.3, 0.4) is 0 Å². The summed E-state index contributed by atoms with van der Waals surface area (Å²) in [6, 6.07) is 1.00. The molecule has 0 N–H and O–H groups in total. The van der Waals surface area contributed by atoms with Crippen molar-refractivity contribution < 1.29 is 4.74 Å². The van der Waals surface area contributed by atoms with Crippen molar-refractivity contribution in [3.8, 4) is 0 Å². The lowest BCUT2D eigenvalue weighted by atomic mass is 10.0. The van der Waals surface area contributed by atoms with Crippen molar-refractivity contribution in [1.29, 1.82) is 0 Å². The second kappa shape index (κ2) is 3.86. The molecule has 0 saturated carbocycles. The summed E-state index contributed by atoms with van der Waals surface area (Å²) < 4.78 is 5.27. The molecule has 2 fully saturated rings. The summed E-state index contributed by atoms with van der Waals surface area (Å²) >= 11 is 0. The molecule has 0 bridgehead atoms. The van der Waals surface area contributed by atoms with E-state index in [1.807, 2.05) is 6.34 Å². The topological polar surface area (TPSA) is 28.1 Å². The monoisotopic (exact) mass is 221 g/mol. The van der Waals surface area contributed by atoms with E-state index < -0.39 is 0 Å². The molecule has 0 aromatic rings. The van der Waals surface area contributed by atoms with E-state index in [-0.39, 0.29) is 0 Å². The Balaban J connectivity index is 1.77. The van der Waals surface area contributed by atoms with Crippen LogP contribution in [0, 0.1) is 0 Å². The third-order valence-corrected chi connectivity index (χ3v) is 3.98. The smallest absolute Gasteiger partial charge is 0.0900 e. The minimum absolute atomic E-state index is 0.351. The summed E-state index contributed by atoms with van der Waals surface area (Å²) in [5.41, 5.74) is 2.88. The van der Waals surface area contributed by atoms with Crippen molar-refractivity contribution >= 4 is 6.34 Å². The first kappa shape index (κ1) is 10.3. The quantitative estimate of drug-likeness (QED) is 0.652. The van der Waals surface area contributed by atoms with E-state index in [1.165, 1.54) is 11.3 Å². The highest BCUT2D eigenvalue weighted by Crippen LogP contribution is 2.25. The molecule has 1 atom stereocenters. The van der Waals surface area contributed by atoms with Crippen LogP contribution in [0.15, 0.2) is 16.3 Å². The van der Waals surface area contributed by atoms with Crippen LogP contribution in [-0.4, -0.2) is 61.1 Å². The maximum atomic E-state index is 5.27. The van der Waals surface area contributed by atoms with Crippen LogP contribution < -0.4 is 0 Å². The molecule has 3 heterocycles. The first-order chi connectivity index (χ1) is 7.75. The molecule has 4 nitrogen and oxygen atoms in total. The maximum absolute atomic E-state index is 5.27. The number of aliphatic imine (C=N–C) groups is 1. The Morgan fingerprint density at radius 1 is 1.38 bits per heavy atom. The molecule has 0 aromatic carbocycles. The molecular formula is C12H19N3O. The summed E-state index contributed by atoms with van der Waals surface area (Å²) in [5.74, 6) is 0. The van der Waals surface area contributed by atoms with Gasteiger partial charge in [0, 0.05) is 25.3 Å². The predicted octanol–water partition coefficient (Wildman–Crippen LogP) is 0.707. The van der Waals surface area contributed by atoms with Crippen molar-refractivity contribution in [1.82, 2.24) is 9.80 Å². The predicted molar refractivity (Wildman–Crippen MR) is 63.5 cm³/mol. The van der Waals surface area contributed by atoms with E-state index >= 15 is 0 Å². The number of nitrogens with zero attached hydrogens (tertiary/aromatic N) is 3. The number of piperazine rings is 1. The number of fused-ring (bicyclic) bond motifs is 1. The van der Waals surface area contributed by atoms with E-state index in [4.69, 9.17) is 4.74 Å². The first-order valence-corrected chi connectivity index (χ1v) is 6.07. The number of hydrogen-bond acceptors (Lipinski definition) is 4. The van der Waals surface area contributed by atoms with E-state index in [9.17, 15) is 0 Å². The second-order valence-electron chi connectivity index (χ2n) is 4.93. The third-order valence-electron chi connectivity index (χ3n) is 3.98. The van der Waals surface area contributed by atoms with Gasteiger partial charge >= 0.3 is 0 Å². The summed E-state index contributed by atoms with van der Waals surface area (Å²) in [5, 5.41) is 0. The molecule has 3 aliphatic rings. The van der Waals surface area contributed by atoms with Crippen LogP contribution in [-0.2, 0) is 4.74 Å². The van der Waals surface area contributed by atoms with Crippen LogP contribution in [0.5, 0.6) is 0 Å². The van der Waals surface area contributed by atoms with Gasteiger partial charge in [0.15, 0.2) is 0 Å². The minimum Gasteiger partial charge on any atom is -0.378 e. The van der Waals surface area contributed by atoms with Crippen molar-refractivity contribution in [3.63, 3.8) is 0 Å². The molecular weight excluding hydrogens is 202 g/mol. The fourth-order valence-electron chi connectivity index (χ4n) is 2.49. The zero-order chi connectivity index (χ0) is 11.1. The molecule has 0 aromatic heterocycles. The van der Waals surface area contributed by atoms with Gasteiger partial charge in [0.1, 0.15) is 0 Å². The Bertz CT molecular complexity index is 346. The first-order valence-electron chi connectivity index (χ1n) is 6.07. The van der Waals surface area contributed by atoms with Crippen LogP contribution in [0.25, 0.3) is 0 Å². The molecule has 88 valence electrons. The van der Waals surface area contributed by atoms with Crippen LogP contribution in [0.2, 0.25) is 0 Å². The van der Waals surface area contributed by atoms with Crippen molar-refractivity contribution in [2.45, 2.75) is 25.9 Å². The summed E-state index contributed by atoms with van der Waals surface area (Å²) in [7, 11) is 0. The molecule has 0 spiro atoms. The Kier molecular flexibility index (Phi) is 2.48. The Labute approximate surface area is 96.6 Å². The lowest BCUT2D eigenvalue weighted by Crippen LogP contribution is -2.56. The molecule has 0 radical (unpaired) electrons. The van der Waals surface area contributed by atoms with E-state index in [0.717, 1.165) is 32.8 Å². The Morgan fingerprint density at radius 2 is 2.19 bits per heavy atom. The lowest BCUT2D eigenvalue weighted by molar-refractivity contribution is -0.0682. The fraction of sp³-hybridized carbons (Fsp3) is 0.750. The third kappa shape index (κ3) is 1.57. The van der Waals surface area contributed by atoms with E-state index in [0.29, 0.717) is 12.1 Å². The van der Waals surface area contributed by atoms with Crippen LogP contribution in [0.1, 0.15) is 13.8 Å². The molecule has 0 aliphatic carbocycles. The number of ether oxygens (including phenoxy) is 1. The molecule has 3 aliphatic heterocycles. The fourth-order valence-corrected chi connectivity index (χ4v) is 2.49. The standard InChI is InChI=1S/C12H19N3O/c1-9-10(2)13-8-15-4-3-14(5-12(9)15)11-6-16-7-11/h8,10-11H,3-7H2,1-2H3. The lowest BCUT2D eigenvalue weighted by Gasteiger charge is -2.45. The van der Waals surface area contributed by atoms with Crippen molar-refractivity contribution in [2.75, 3.05) is 32.8 Å². The average Bonchev–Trinajstić information content (AvgIpc) is 2.22. The van der Waals surface area contributed by atoms with Crippen molar-refractivity contribution in [3.05, 3.63) is 11.3 Å². The van der Waals surface area contributed by atoms with Gasteiger partial charge in [-0.3, -0.25) is 9.89 Å².